The summed E-state index contributed by atoms with van der Waals surface area (Å²) in [6, 6.07) is 0.490. The van der Waals surface area contributed by atoms with Gasteiger partial charge < -0.3 is 15.0 Å². The Kier molecular flexibility index (Phi) is 7.13. The number of aromatic nitrogens is 2. The second-order valence-corrected chi connectivity index (χ2v) is 7.14. The summed E-state index contributed by atoms with van der Waals surface area (Å²) < 4.78 is 7.80. The van der Waals surface area contributed by atoms with Crippen LogP contribution >= 0.6 is 24.0 Å². The van der Waals surface area contributed by atoms with Crippen LogP contribution in [0.1, 0.15) is 45.1 Å². The fourth-order valence-corrected chi connectivity index (χ4v) is 4.13. The second kappa shape index (κ2) is 8.70. The SMILES string of the molecule is CCN=C(NC1CC(OCC)C12CCC2)N(C)Cc1cnn(C)c1.I. The van der Waals surface area contributed by atoms with E-state index in [2.05, 4.69) is 42.4 Å². The van der Waals surface area contributed by atoms with Crippen LogP contribution in [0.15, 0.2) is 17.4 Å². The number of nitrogens with one attached hydrogen (secondary N) is 1. The Morgan fingerprint density at radius 3 is 2.76 bits per heavy atom. The zero-order valence-corrected chi connectivity index (χ0v) is 18.2. The number of rotatable bonds is 6. The van der Waals surface area contributed by atoms with Gasteiger partial charge in [0.25, 0.3) is 0 Å². The van der Waals surface area contributed by atoms with Crippen LogP contribution < -0.4 is 5.32 Å². The first-order chi connectivity index (χ1) is 11.6. The topological polar surface area (TPSA) is 54.7 Å². The predicted molar refractivity (Wildman–Crippen MR) is 111 cm³/mol. The number of ether oxygens (including phenoxy) is 1. The summed E-state index contributed by atoms with van der Waals surface area (Å²) in [4.78, 5) is 6.90. The smallest absolute Gasteiger partial charge is 0.194 e. The summed E-state index contributed by atoms with van der Waals surface area (Å²) in [6.45, 7) is 6.60. The van der Waals surface area contributed by atoms with Gasteiger partial charge in [-0.05, 0) is 33.1 Å². The Balaban J connectivity index is 0.00000225. The van der Waals surface area contributed by atoms with Crippen molar-refractivity contribution in [3.8, 4) is 0 Å². The lowest BCUT2D eigenvalue weighted by Gasteiger charge is -2.61. The lowest BCUT2D eigenvalue weighted by atomic mass is 9.51. The molecule has 0 saturated heterocycles. The molecule has 0 amide bonds. The molecule has 25 heavy (non-hydrogen) atoms. The van der Waals surface area contributed by atoms with Gasteiger partial charge in [-0.1, -0.05) is 6.42 Å². The Bertz CT molecular complexity index is 584. The number of aryl methyl sites for hydroxylation is 1. The van der Waals surface area contributed by atoms with Crippen molar-refractivity contribution < 1.29 is 4.74 Å². The van der Waals surface area contributed by atoms with Gasteiger partial charge in [0.1, 0.15) is 0 Å². The van der Waals surface area contributed by atoms with Crippen molar-refractivity contribution in [2.75, 3.05) is 20.2 Å². The summed E-state index contributed by atoms with van der Waals surface area (Å²) >= 11 is 0. The molecule has 2 atom stereocenters. The standard InChI is InChI=1S/C18H31N5O.HI/c1-5-19-17(22(3)12-14-11-20-23(4)13-14)21-15-10-16(24-6-2)18(15)8-7-9-18;/h11,13,15-16H,5-10,12H2,1-4H3,(H,19,21);1H. The zero-order chi connectivity index (χ0) is 17.2. The minimum absolute atomic E-state index is 0. The molecule has 0 bridgehead atoms. The second-order valence-electron chi connectivity index (χ2n) is 7.14. The van der Waals surface area contributed by atoms with E-state index in [4.69, 9.17) is 9.73 Å². The number of halogens is 1. The lowest BCUT2D eigenvalue weighted by molar-refractivity contribution is -0.168. The molecule has 6 nitrogen and oxygen atoms in total. The Hall–Kier alpha value is -0.830. The molecular formula is C18H32IN5O. The molecule has 2 aliphatic carbocycles. The fourth-order valence-electron chi connectivity index (χ4n) is 4.13. The van der Waals surface area contributed by atoms with Crippen molar-refractivity contribution >= 4 is 29.9 Å². The van der Waals surface area contributed by atoms with Crippen LogP contribution in [0.5, 0.6) is 0 Å². The first kappa shape index (κ1) is 20.5. The highest BCUT2D eigenvalue weighted by Crippen LogP contribution is 2.57. The Labute approximate surface area is 168 Å². The minimum Gasteiger partial charge on any atom is -0.378 e. The molecule has 2 aliphatic rings. The molecule has 1 aromatic rings. The lowest BCUT2D eigenvalue weighted by Crippen LogP contribution is -2.68. The molecule has 1 N–H and O–H groups in total. The van der Waals surface area contributed by atoms with Gasteiger partial charge in [-0.15, -0.1) is 24.0 Å². The molecule has 2 unspecified atom stereocenters. The van der Waals surface area contributed by atoms with Crippen molar-refractivity contribution in [2.24, 2.45) is 17.5 Å². The highest BCUT2D eigenvalue weighted by Gasteiger charge is 2.59. The summed E-state index contributed by atoms with van der Waals surface area (Å²) in [6.07, 6.45) is 9.39. The summed E-state index contributed by atoms with van der Waals surface area (Å²) in [5.41, 5.74) is 1.55. The van der Waals surface area contributed by atoms with Crippen LogP contribution in [-0.4, -0.2) is 53.0 Å². The molecule has 142 valence electrons. The largest absolute Gasteiger partial charge is 0.378 e. The Morgan fingerprint density at radius 2 is 2.24 bits per heavy atom. The monoisotopic (exact) mass is 461 g/mol. The minimum atomic E-state index is 0. The maximum Gasteiger partial charge on any atom is 0.194 e. The molecule has 0 aromatic carbocycles. The average Bonchev–Trinajstić information content (AvgIpc) is 2.88. The average molecular weight is 461 g/mol. The number of hydrogen-bond acceptors (Lipinski definition) is 3. The van der Waals surface area contributed by atoms with Crippen LogP contribution in [0.4, 0.5) is 0 Å². The normalized spacial score (nSPS) is 24.2. The van der Waals surface area contributed by atoms with Crippen molar-refractivity contribution in [1.82, 2.24) is 20.0 Å². The molecule has 0 aliphatic heterocycles. The number of hydrogen-bond donors (Lipinski definition) is 1. The predicted octanol–water partition coefficient (Wildman–Crippen LogP) is 2.78. The first-order valence-corrected chi connectivity index (χ1v) is 9.20. The van der Waals surface area contributed by atoms with Crippen LogP contribution in [0.25, 0.3) is 0 Å². The molecule has 2 fully saturated rings. The van der Waals surface area contributed by atoms with Crippen LogP contribution in [0, 0.1) is 5.41 Å². The van der Waals surface area contributed by atoms with Gasteiger partial charge in [-0.2, -0.15) is 5.10 Å². The van der Waals surface area contributed by atoms with E-state index < -0.39 is 0 Å². The van der Waals surface area contributed by atoms with E-state index in [9.17, 15) is 0 Å². The highest BCUT2D eigenvalue weighted by molar-refractivity contribution is 14.0. The van der Waals surface area contributed by atoms with Gasteiger partial charge in [0.15, 0.2) is 5.96 Å². The molecule has 3 rings (SSSR count). The van der Waals surface area contributed by atoms with Gasteiger partial charge >= 0.3 is 0 Å². The van der Waals surface area contributed by atoms with Gasteiger partial charge in [0.05, 0.1) is 12.3 Å². The molecule has 1 heterocycles. The van der Waals surface area contributed by atoms with E-state index in [0.29, 0.717) is 17.6 Å². The maximum absolute atomic E-state index is 5.96. The van der Waals surface area contributed by atoms with E-state index >= 15 is 0 Å². The molecule has 2 saturated carbocycles. The van der Waals surface area contributed by atoms with Gasteiger partial charge in [0.2, 0.25) is 0 Å². The molecule has 7 heteroatoms. The van der Waals surface area contributed by atoms with Gasteiger partial charge in [0, 0.05) is 57.0 Å². The fraction of sp³-hybridized carbons (Fsp3) is 0.778. The quantitative estimate of drug-likeness (QED) is 0.402. The maximum atomic E-state index is 5.96. The summed E-state index contributed by atoms with van der Waals surface area (Å²) in [7, 11) is 4.05. The molecule has 1 spiro atoms. The number of aliphatic imine (C=N–C) groups is 1. The number of nitrogens with zero attached hydrogens (tertiary/aromatic N) is 4. The summed E-state index contributed by atoms with van der Waals surface area (Å²) in [5.74, 6) is 0.993. The number of guanidine groups is 1. The van der Waals surface area contributed by atoms with Gasteiger partial charge in [-0.25, -0.2) is 0 Å². The summed E-state index contributed by atoms with van der Waals surface area (Å²) in [5, 5.41) is 7.98. The van der Waals surface area contributed by atoms with Crippen molar-refractivity contribution in [3.05, 3.63) is 18.0 Å². The van der Waals surface area contributed by atoms with Crippen molar-refractivity contribution in [1.29, 1.82) is 0 Å². The van der Waals surface area contributed by atoms with Crippen molar-refractivity contribution in [2.45, 2.75) is 58.2 Å². The molecule has 0 radical (unpaired) electrons. The Morgan fingerprint density at radius 1 is 1.48 bits per heavy atom. The van der Waals surface area contributed by atoms with E-state index in [1.54, 1.807) is 0 Å². The van der Waals surface area contributed by atoms with Crippen LogP contribution in [0.2, 0.25) is 0 Å². The van der Waals surface area contributed by atoms with Crippen LogP contribution in [0.3, 0.4) is 0 Å². The van der Waals surface area contributed by atoms with E-state index in [1.165, 1.54) is 24.8 Å². The zero-order valence-electron chi connectivity index (χ0n) is 15.9. The van der Waals surface area contributed by atoms with Gasteiger partial charge in [-0.3, -0.25) is 9.67 Å². The third-order valence-electron chi connectivity index (χ3n) is 5.59. The van der Waals surface area contributed by atoms with Crippen molar-refractivity contribution in [3.63, 3.8) is 0 Å². The van der Waals surface area contributed by atoms with E-state index in [0.717, 1.165) is 32.1 Å². The third kappa shape index (κ3) is 4.13. The highest BCUT2D eigenvalue weighted by atomic mass is 127. The third-order valence-corrected chi connectivity index (χ3v) is 5.59. The first-order valence-electron chi connectivity index (χ1n) is 9.20. The molecular weight excluding hydrogens is 429 g/mol. The van der Waals surface area contributed by atoms with Crippen LogP contribution in [-0.2, 0) is 18.3 Å². The molecule has 1 aromatic heterocycles. The van der Waals surface area contributed by atoms with E-state index in [-0.39, 0.29) is 24.0 Å². The van der Waals surface area contributed by atoms with E-state index in [1.807, 2.05) is 17.9 Å².